The number of carbonyl (C=O) groups is 1. The van der Waals surface area contributed by atoms with Crippen molar-refractivity contribution < 1.29 is 18.0 Å². The molecular formula is C25H16ClF3N6O. The summed E-state index contributed by atoms with van der Waals surface area (Å²) in [6, 6.07) is 19.7. The molecule has 0 fully saturated rings. The van der Waals surface area contributed by atoms with Crippen molar-refractivity contribution in [1.29, 1.82) is 5.26 Å². The maximum absolute atomic E-state index is 13.0. The number of carbonyl (C=O) groups excluding carboxylic acids is 1. The smallest absolute Gasteiger partial charge is 0.324 e. The molecule has 11 heteroatoms. The number of rotatable bonds is 5. The van der Waals surface area contributed by atoms with Gasteiger partial charge < -0.3 is 16.0 Å². The summed E-state index contributed by atoms with van der Waals surface area (Å²) in [5, 5.41) is 16.5. The molecule has 0 spiro atoms. The third-order valence-corrected chi connectivity index (χ3v) is 5.20. The van der Waals surface area contributed by atoms with E-state index in [2.05, 4.69) is 32.0 Å². The van der Waals surface area contributed by atoms with Crippen LogP contribution in [0.4, 0.5) is 41.0 Å². The number of alkyl halides is 3. The fourth-order valence-electron chi connectivity index (χ4n) is 3.21. The van der Waals surface area contributed by atoms with Crippen LogP contribution in [0.3, 0.4) is 0 Å². The highest BCUT2D eigenvalue weighted by Crippen LogP contribution is 2.36. The number of amides is 2. The van der Waals surface area contributed by atoms with E-state index < -0.39 is 22.8 Å². The van der Waals surface area contributed by atoms with E-state index in [1.54, 1.807) is 60.8 Å². The third kappa shape index (κ3) is 6.08. The van der Waals surface area contributed by atoms with Crippen LogP contribution in [0.15, 0.2) is 79.0 Å². The van der Waals surface area contributed by atoms with E-state index in [1.165, 1.54) is 6.07 Å². The van der Waals surface area contributed by atoms with E-state index in [4.69, 9.17) is 16.9 Å². The Labute approximate surface area is 208 Å². The minimum atomic E-state index is -4.65. The molecule has 0 atom stereocenters. The lowest BCUT2D eigenvalue weighted by atomic mass is 10.1. The van der Waals surface area contributed by atoms with Crippen molar-refractivity contribution in [2.45, 2.75) is 6.18 Å². The molecule has 2 amide bonds. The quantitative estimate of drug-likeness (QED) is 0.267. The Balaban J connectivity index is 1.44. The number of nitrogens with one attached hydrogen (secondary N) is 3. The second-order valence-corrected chi connectivity index (χ2v) is 7.84. The van der Waals surface area contributed by atoms with Crippen LogP contribution in [0.2, 0.25) is 5.02 Å². The van der Waals surface area contributed by atoms with Gasteiger partial charge in [0.2, 0.25) is 5.95 Å². The van der Waals surface area contributed by atoms with Gasteiger partial charge in [-0.25, -0.2) is 14.8 Å². The second kappa shape index (κ2) is 10.3. The number of benzene rings is 3. The Bertz CT molecular complexity index is 1450. The van der Waals surface area contributed by atoms with Crippen LogP contribution >= 0.6 is 11.6 Å². The fourth-order valence-corrected chi connectivity index (χ4v) is 3.44. The molecule has 36 heavy (non-hydrogen) atoms. The molecule has 1 heterocycles. The molecule has 4 rings (SSSR count). The zero-order valence-electron chi connectivity index (χ0n) is 18.3. The van der Waals surface area contributed by atoms with Crippen LogP contribution in [0.1, 0.15) is 11.1 Å². The topological polar surface area (TPSA) is 103 Å². The first-order valence-electron chi connectivity index (χ1n) is 10.4. The zero-order valence-corrected chi connectivity index (χ0v) is 19.0. The molecule has 0 aliphatic rings. The molecule has 0 saturated carbocycles. The number of nitrogens with zero attached hydrogens (tertiary/aromatic N) is 3. The lowest BCUT2D eigenvalue weighted by molar-refractivity contribution is -0.137. The molecule has 180 valence electrons. The number of anilines is 4. The monoisotopic (exact) mass is 508 g/mol. The summed E-state index contributed by atoms with van der Waals surface area (Å²) in [6.07, 6.45) is -3.07. The second-order valence-electron chi connectivity index (χ2n) is 7.43. The van der Waals surface area contributed by atoms with E-state index in [0.29, 0.717) is 28.6 Å². The van der Waals surface area contributed by atoms with Gasteiger partial charge in [-0.2, -0.15) is 18.4 Å². The van der Waals surface area contributed by atoms with Gasteiger partial charge >= 0.3 is 12.2 Å². The first-order chi connectivity index (χ1) is 17.2. The Hall–Kier alpha value is -4.62. The Morgan fingerprint density at radius 2 is 1.61 bits per heavy atom. The standard InChI is InChI=1S/C25H16ClF3N6O/c26-21-9-8-19(13-20(21)25(27,28)29)34-24(36)33-18-3-1-2-17(12-18)32-23-31-11-10-22(35-23)16-6-4-15(14-30)5-7-16/h1-13H,(H,31,32,35)(H2,33,34,36). The average molecular weight is 509 g/mol. The van der Waals surface area contributed by atoms with Gasteiger partial charge in [-0.05, 0) is 54.6 Å². The van der Waals surface area contributed by atoms with Crippen LogP contribution in [-0.4, -0.2) is 16.0 Å². The van der Waals surface area contributed by atoms with Crippen molar-refractivity contribution in [2.24, 2.45) is 0 Å². The average Bonchev–Trinajstić information content (AvgIpc) is 2.85. The molecule has 3 N–H and O–H groups in total. The number of urea groups is 1. The minimum absolute atomic E-state index is 0.0634. The minimum Gasteiger partial charge on any atom is -0.324 e. The zero-order chi connectivity index (χ0) is 25.7. The van der Waals surface area contributed by atoms with Gasteiger partial charge in [0.15, 0.2) is 0 Å². The van der Waals surface area contributed by atoms with Crippen molar-refractivity contribution >= 4 is 40.6 Å². The molecule has 0 aliphatic carbocycles. The predicted octanol–water partition coefficient (Wildman–Crippen LogP) is 7.08. The number of aromatic nitrogens is 2. The first-order valence-corrected chi connectivity index (χ1v) is 10.7. The maximum Gasteiger partial charge on any atom is 0.417 e. The van der Waals surface area contributed by atoms with Gasteiger partial charge in [0, 0.05) is 28.8 Å². The summed E-state index contributed by atoms with van der Waals surface area (Å²) < 4.78 is 39.1. The van der Waals surface area contributed by atoms with Crippen LogP contribution in [0, 0.1) is 11.3 Å². The summed E-state index contributed by atoms with van der Waals surface area (Å²) in [4.78, 5) is 21.0. The normalized spacial score (nSPS) is 10.9. The molecule has 4 aromatic rings. The van der Waals surface area contributed by atoms with E-state index in [-0.39, 0.29) is 5.69 Å². The van der Waals surface area contributed by atoms with Crippen molar-refractivity contribution in [3.05, 3.63) is 95.1 Å². The van der Waals surface area contributed by atoms with Crippen molar-refractivity contribution in [3.63, 3.8) is 0 Å². The Kier molecular flexibility index (Phi) is 7.03. The maximum atomic E-state index is 13.0. The molecule has 7 nitrogen and oxygen atoms in total. The number of halogens is 4. The lowest BCUT2D eigenvalue weighted by Gasteiger charge is -2.13. The van der Waals surface area contributed by atoms with E-state index >= 15 is 0 Å². The van der Waals surface area contributed by atoms with Crippen molar-refractivity contribution in [2.75, 3.05) is 16.0 Å². The van der Waals surface area contributed by atoms with Crippen LogP contribution in [0.5, 0.6) is 0 Å². The molecule has 0 unspecified atom stereocenters. The molecule has 0 aliphatic heterocycles. The van der Waals surface area contributed by atoms with Crippen molar-refractivity contribution in [3.8, 4) is 17.3 Å². The number of hydrogen-bond acceptors (Lipinski definition) is 5. The third-order valence-electron chi connectivity index (χ3n) is 4.87. The van der Waals surface area contributed by atoms with Crippen LogP contribution < -0.4 is 16.0 Å². The van der Waals surface area contributed by atoms with Crippen LogP contribution in [-0.2, 0) is 6.18 Å². The Morgan fingerprint density at radius 1 is 0.917 bits per heavy atom. The Morgan fingerprint density at radius 3 is 2.31 bits per heavy atom. The highest BCUT2D eigenvalue weighted by atomic mass is 35.5. The lowest BCUT2D eigenvalue weighted by Crippen LogP contribution is -2.20. The summed E-state index contributed by atoms with van der Waals surface area (Å²) >= 11 is 5.61. The highest BCUT2D eigenvalue weighted by molar-refractivity contribution is 6.31. The van der Waals surface area contributed by atoms with Crippen LogP contribution in [0.25, 0.3) is 11.3 Å². The highest BCUT2D eigenvalue weighted by Gasteiger charge is 2.33. The number of hydrogen-bond donors (Lipinski definition) is 3. The fraction of sp³-hybridized carbons (Fsp3) is 0.0400. The molecule has 0 radical (unpaired) electrons. The molecule has 1 aromatic heterocycles. The summed E-state index contributed by atoms with van der Waals surface area (Å²) in [5.74, 6) is 0.305. The van der Waals surface area contributed by atoms with Gasteiger partial charge in [-0.15, -0.1) is 0 Å². The molecule has 0 bridgehead atoms. The van der Waals surface area contributed by atoms with Gasteiger partial charge in [0.25, 0.3) is 0 Å². The molecular weight excluding hydrogens is 493 g/mol. The van der Waals surface area contributed by atoms with Gasteiger partial charge in [0.1, 0.15) is 0 Å². The number of nitriles is 1. The summed E-state index contributed by atoms with van der Waals surface area (Å²) in [7, 11) is 0. The summed E-state index contributed by atoms with van der Waals surface area (Å²) in [5.41, 5.74) is 1.83. The van der Waals surface area contributed by atoms with Crippen molar-refractivity contribution in [1.82, 2.24) is 9.97 Å². The van der Waals surface area contributed by atoms with E-state index in [1.807, 2.05) is 0 Å². The van der Waals surface area contributed by atoms with Gasteiger partial charge in [0.05, 0.1) is 27.9 Å². The van der Waals surface area contributed by atoms with Gasteiger partial charge in [-0.3, -0.25) is 0 Å². The summed E-state index contributed by atoms with van der Waals surface area (Å²) in [6.45, 7) is 0. The first kappa shape index (κ1) is 24.5. The van der Waals surface area contributed by atoms with Gasteiger partial charge in [-0.1, -0.05) is 29.8 Å². The molecule has 0 saturated heterocycles. The van der Waals surface area contributed by atoms with E-state index in [0.717, 1.165) is 17.7 Å². The SMILES string of the molecule is N#Cc1ccc(-c2ccnc(Nc3cccc(NC(=O)Nc4ccc(Cl)c(C(F)(F)F)c4)c3)n2)cc1. The van der Waals surface area contributed by atoms with E-state index in [9.17, 15) is 18.0 Å². The predicted molar refractivity (Wildman–Crippen MR) is 131 cm³/mol. The molecule has 3 aromatic carbocycles. The largest absolute Gasteiger partial charge is 0.417 e.